The van der Waals surface area contributed by atoms with E-state index in [0.717, 1.165) is 0 Å². The van der Waals surface area contributed by atoms with E-state index in [4.69, 9.17) is 20.4 Å². The van der Waals surface area contributed by atoms with Crippen LogP contribution in [-0.4, -0.2) is 43.9 Å². The van der Waals surface area contributed by atoms with Crippen molar-refractivity contribution in [3.8, 4) is 0 Å². The predicted molar refractivity (Wildman–Crippen MR) is 37.1 cm³/mol. The number of aliphatic hydroxyl groups is 1. The van der Waals surface area contributed by atoms with E-state index in [1.165, 1.54) is 0 Å². The zero-order valence-electron chi connectivity index (χ0n) is 9.43. The molecule has 0 fully saturated rings. The van der Waals surface area contributed by atoms with Gasteiger partial charge in [-0.2, -0.15) is 0 Å². The first-order valence-electron chi connectivity index (χ1n) is 3.17. The van der Waals surface area contributed by atoms with Crippen molar-refractivity contribution >= 4 is 17.9 Å². The molecule has 0 radical (unpaired) electrons. The van der Waals surface area contributed by atoms with Gasteiger partial charge in [0.2, 0.25) is 0 Å². The van der Waals surface area contributed by atoms with Crippen molar-refractivity contribution in [2.45, 2.75) is 18.4 Å². The summed E-state index contributed by atoms with van der Waals surface area (Å²) < 4.78 is 0. The van der Waals surface area contributed by atoms with Crippen LogP contribution in [0.2, 0.25) is 0 Å². The monoisotopic (exact) mass is 213 g/mol. The van der Waals surface area contributed by atoms with Crippen LogP contribution >= 0.6 is 0 Å². The first-order chi connectivity index (χ1) is 5.78. The molecule has 74 valence electrons. The molecule has 10 heteroatoms. The van der Waals surface area contributed by atoms with Gasteiger partial charge in [-0.1, -0.05) is 0 Å². The molecule has 0 atom stereocenters. The summed E-state index contributed by atoms with van der Waals surface area (Å²) in [6, 6.07) is 0. The smallest absolute Gasteiger partial charge is 0.481 e. The Labute approximate surface area is 127 Å². The number of hydrogen-bond donors (Lipinski definition) is 4. The van der Waals surface area contributed by atoms with E-state index >= 15 is 0 Å². The van der Waals surface area contributed by atoms with Gasteiger partial charge >= 0.3 is 74.5 Å². The molecule has 0 aromatic carbocycles. The molecule has 0 amide bonds. The maximum absolute atomic E-state index is 10.3. The van der Waals surface area contributed by atoms with Gasteiger partial charge in [0.05, 0.1) is 12.8 Å². The molecule has 0 rings (SSSR count). The summed E-state index contributed by atoms with van der Waals surface area (Å²) in [7, 11) is 0. The number of carbonyl (C=O) groups is 3. The molecular formula is C6H8Li3O7+3. The minimum absolute atomic E-state index is 0. The second kappa shape index (κ2) is 10.3. The average molecular weight is 213 g/mol. The van der Waals surface area contributed by atoms with Crippen molar-refractivity contribution in [1.82, 2.24) is 0 Å². The Balaban J connectivity index is -0.000000240. The van der Waals surface area contributed by atoms with Crippen LogP contribution in [0.4, 0.5) is 0 Å². The second-order valence-corrected chi connectivity index (χ2v) is 2.48. The van der Waals surface area contributed by atoms with Crippen molar-refractivity contribution in [1.29, 1.82) is 0 Å². The molecule has 0 unspecified atom stereocenters. The van der Waals surface area contributed by atoms with Crippen LogP contribution < -0.4 is 56.6 Å². The fourth-order valence-electron chi connectivity index (χ4n) is 0.714. The first kappa shape index (κ1) is 25.1. The van der Waals surface area contributed by atoms with E-state index in [1.807, 2.05) is 0 Å². The molecule has 0 heterocycles. The Morgan fingerprint density at radius 3 is 1.19 bits per heavy atom. The van der Waals surface area contributed by atoms with Gasteiger partial charge in [-0.15, -0.1) is 0 Å². The predicted octanol–water partition coefficient (Wildman–Crippen LogP) is -10.2. The van der Waals surface area contributed by atoms with E-state index in [2.05, 4.69) is 0 Å². The van der Waals surface area contributed by atoms with Crippen LogP contribution in [0.5, 0.6) is 0 Å². The second-order valence-electron chi connectivity index (χ2n) is 2.48. The van der Waals surface area contributed by atoms with E-state index in [1.54, 1.807) is 0 Å². The Bertz CT molecular complexity index is 239. The molecule has 0 bridgehead atoms. The summed E-state index contributed by atoms with van der Waals surface area (Å²) >= 11 is 0. The standard InChI is InChI=1S/C6H8O7.3Li/c7-3(8)1-6(13,5(11)12)2-4(9)10;;;/h13H,1-2H2,(H,7,8)(H,9,10)(H,11,12);;;/q;3*+1. The normalized spacial score (nSPS) is 8.81. The third-order valence-corrected chi connectivity index (χ3v) is 1.29. The average Bonchev–Trinajstić information content (AvgIpc) is 1.82. The summed E-state index contributed by atoms with van der Waals surface area (Å²) in [6.07, 6.45) is -2.29. The van der Waals surface area contributed by atoms with Crippen molar-refractivity contribution < 1.29 is 91.4 Å². The number of rotatable bonds is 5. The Morgan fingerprint density at radius 1 is 0.812 bits per heavy atom. The Kier molecular flexibility index (Phi) is 16.2. The first-order valence-corrected chi connectivity index (χ1v) is 3.17. The summed E-state index contributed by atoms with van der Waals surface area (Å²) in [5.41, 5.74) is -2.74. The number of carboxylic acid groups (broad SMARTS) is 3. The van der Waals surface area contributed by atoms with Gasteiger partial charge in [0.25, 0.3) is 0 Å². The SMILES string of the molecule is O=C(O)CC(O)(CC(=O)O)C(=O)O.[Li+].[Li+].[Li+]. The van der Waals surface area contributed by atoms with Gasteiger partial charge < -0.3 is 20.4 Å². The number of aliphatic carboxylic acids is 3. The summed E-state index contributed by atoms with van der Waals surface area (Å²) in [6.45, 7) is 0. The van der Waals surface area contributed by atoms with E-state index in [-0.39, 0.29) is 56.6 Å². The van der Waals surface area contributed by atoms with Crippen molar-refractivity contribution in [3.63, 3.8) is 0 Å². The van der Waals surface area contributed by atoms with Gasteiger partial charge in [-0.25, -0.2) is 4.79 Å². The van der Waals surface area contributed by atoms with Crippen LogP contribution in [0.25, 0.3) is 0 Å². The fourth-order valence-corrected chi connectivity index (χ4v) is 0.714. The topological polar surface area (TPSA) is 132 Å². The Hall–Kier alpha value is 0.162. The van der Waals surface area contributed by atoms with Crippen molar-refractivity contribution in [2.75, 3.05) is 0 Å². The molecule has 0 spiro atoms. The van der Waals surface area contributed by atoms with Crippen LogP contribution in [0, 0.1) is 0 Å². The molecule has 0 saturated heterocycles. The molecule has 0 aliphatic rings. The van der Waals surface area contributed by atoms with Gasteiger partial charge in [0.15, 0.2) is 5.60 Å². The molecule has 0 saturated carbocycles. The van der Waals surface area contributed by atoms with Crippen molar-refractivity contribution in [3.05, 3.63) is 0 Å². The molecule has 7 nitrogen and oxygen atoms in total. The maximum atomic E-state index is 10.3. The summed E-state index contributed by atoms with van der Waals surface area (Å²) in [4.78, 5) is 30.5. The number of carboxylic acids is 3. The fraction of sp³-hybridized carbons (Fsp3) is 0.500. The quantitative estimate of drug-likeness (QED) is 0.333. The molecule has 16 heavy (non-hydrogen) atoms. The zero-order chi connectivity index (χ0) is 10.6. The van der Waals surface area contributed by atoms with Crippen LogP contribution in [-0.2, 0) is 14.4 Å². The number of hydrogen-bond acceptors (Lipinski definition) is 4. The summed E-state index contributed by atoms with van der Waals surface area (Å²) in [5, 5.41) is 33.8. The molecule has 0 aliphatic heterocycles. The zero-order valence-corrected chi connectivity index (χ0v) is 9.43. The molecular weight excluding hydrogens is 205 g/mol. The van der Waals surface area contributed by atoms with Gasteiger partial charge in [0, 0.05) is 0 Å². The van der Waals surface area contributed by atoms with E-state index < -0.39 is 36.4 Å². The molecule has 0 aromatic rings. The van der Waals surface area contributed by atoms with Gasteiger partial charge in [0.1, 0.15) is 0 Å². The van der Waals surface area contributed by atoms with Crippen LogP contribution in [0.15, 0.2) is 0 Å². The third kappa shape index (κ3) is 9.39. The minimum atomic E-state index is -2.74. The molecule has 0 aromatic heterocycles. The van der Waals surface area contributed by atoms with E-state index in [9.17, 15) is 14.4 Å². The van der Waals surface area contributed by atoms with E-state index in [0.29, 0.717) is 0 Å². The van der Waals surface area contributed by atoms with Crippen molar-refractivity contribution in [2.24, 2.45) is 0 Å². The molecule has 4 N–H and O–H groups in total. The minimum Gasteiger partial charge on any atom is -0.481 e. The maximum Gasteiger partial charge on any atom is 1.00 e. The molecule has 0 aliphatic carbocycles. The summed E-state index contributed by atoms with van der Waals surface area (Å²) in [5.74, 6) is -5.02. The third-order valence-electron chi connectivity index (χ3n) is 1.29. The van der Waals surface area contributed by atoms with Gasteiger partial charge in [-0.05, 0) is 0 Å². The van der Waals surface area contributed by atoms with Crippen LogP contribution in [0.3, 0.4) is 0 Å². The Morgan fingerprint density at radius 2 is 1.06 bits per heavy atom. The van der Waals surface area contributed by atoms with Gasteiger partial charge in [-0.3, -0.25) is 9.59 Å². The van der Waals surface area contributed by atoms with Crippen LogP contribution in [0.1, 0.15) is 12.8 Å². The largest absolute Gasteiger partial charge is 1.00 e.